The minimum absolute atomic E-state index is 0.0877. The summed E-state index contributed by atoms with van der Waals surface area (Å²) < 4.78 is 7.13. The number of rotatable bonds is 5. The van der Waals surface area contributed by atoms with Crippen LogP contribution in [0.25, 0.3) is 27.3 Å². The van der Waals surface area contributed by atoms with Gasteiger partial charge in [0.25, 0.3) is 5.56 Å². The Morgan fingerprint density at radius 3 is 2.58 bits per heavy atom. The lowest BCUT2D eigenvalue weighted by Crippen LogP contribution is -2.23. The molecule has 0 atom stereocenters. The van der Waals surface area contributed by atoms with Gasteiger partial charge in [0.1, 0.15) is 0 Å². The van der Waals surface area contributed by atoms with Crippen molar-refractivity contribution in [1.82, 2.24) is 19.7 Å². The Labute approximate surface area is 186 Å². The van der Waals surface area contributed by atoms with Crippen LogP contribution in [0.1, 0.15) is 17.0 Å². The Hall–Kier alpha value is -3.23. The van der Waals surface area contributed by atoms with Crippen LogP contribution in [0.2, 0.25) is 0 Å². The molecule has 0 fully saturated rings. The number of benzene rings is 2. The van der Waals surface area contributed by atoms with Crippen LogP contribution < -0.4 is 5.56 Å². The third kappa shape index (κ3) is 3.68. The van der Waals surface area contributed by atoms with Crippen LogP contribution in [0.5, 0.6) is 0 Å². The lowest BCUT2D eigenvalue weighted by molar-refractivity contribution is 0.391. The average molecular weight is 447 g/mol. The van der Waals surface area contributed by atoms with Gasteiger partial charge in [-0.05, 0) is 48.6 Å². The summed E-state index contributed by atoms with van der Waals surface area (Å²) in [5.41, 5.74) is 3.47. The highest BCUT2D eigenvalue weighted by Gasteiger charge is 2.18. The van der Waals surface area contributed by atoms with E-state index in [4.69, 9.17) is 9.51 Å². The first kappa shape index (κ1) is 19.7. The zero-order chi connectivity index (χ0) is 21.4. The van der Waals surface area contributed by atoms with Crippen molar-refractivity contribution in [3.8, 4) is 16.4 Å². The molecule has 0 spiro atoms. The van der Waals surface area contributed by atoms with Gasteiger partial charge in [0.2, 0.25) is 11.7 Å². The van der Waals surface area contributed by atoms with Gasteiger partial charge in [-0.3, -0.25) is 9.36 Å². The zero-order valence-corrected chi connectivity index (χ0v) is 18.5. The highest BCUT2D eigenvalue weighted by atomic mass is 32.2. The maximum Gasteiger partial charge on any atom is 0.266 e. The first-order valence-corrected chi connectivity index (χ1v) is 11.6. The number of hydrogen-bond donors (Lipinski definition) is 0. The van der Waals surface area contributed by atoms with E-state index in [1.165, 1.54) is 11.8 Å². The Balaban J connectivity index is 1.58. The second-order valence-corrected chi connectivity index (χ2v) is 8.96. The quantitative estimate of drug-likeness (QED) is 0.266. The molecule has 0 bridgehead atoms. The molecule has 154 valence electrons. The fraction of sp³-hybridized carbons (Fsp3) is 0.130. The lowest BCUT2D eigenvalue weighted by atomic mass is 10.1. The normalized spacial score (nSPS) is 11.3. The van der Waals surface area contributed by atoms with Gasteiger partial charge in [-0.25, -0.2) is 4.98 Å². The molecule has 6 nitrogen and oxygen atoms in total. The van der Waals surface area contributed by atoms with Crippen molar-refractivity contribution in [2.45, 2.75) is 24.8 Å². The fourth-order valence-electron chi connectivity index (χ4n) is 3.51. The van der Waals surface area contributed by atoms with Crippen molar-refractivity contribution in [1.29, 1.82) is 0 Å². The minimum atomic E-state index is -0.0877. The fourth-order valence-corrected chi connectivity index (χ4v) is 5.00. The summed E-state index contributed by atoms with van der Waals surface area (Å²) in [6.07, 6.45) is 0. The van der Waals surface area contributed by atoms with E-state index in [9.17, 15) is 4.79 Å². The molecule has 0 N–H and O–H groups in total. The summed E-state index contributed by atoms with van der Waals surface area (Å²) in [6, 6.07) is 17.3. The van der Waals surface area contributed by atoms with Gasteiger partial charge in [0.05, 0.1) is 27.2 Å². The topological polar surface area (TPSA) is 73.8 Å². The number of aryl methyl sites for hydroxylation is 2. The van der Waals surface area contributed by atoms with E-state index in [-0.39, 0.29) is 5.56 Å². The molecule has 0 saturated heterocycles. The van der Waals surface area contributed by atoms with E-state index >= 15 is 0 Å². The number of hydrogen-bond acceptors (Lipinski definition) is 7. The standard InChI is InChI=1S/C23H18N4O2S2/c1-14-7-5-8-15(2)20(14)27-22(28)16-9-3-4-10-17(16)24-23(27)31-13-19-25-21(26-29-19)18-11-6-12-30-18/h3-12H,13H2,1-2H3. The van der Waals surface area contributed by atoms with Gasteiger partial charge in [0.15, 0.2) is 5.16 Å². The Bertz CT molecular complexity index is 1420. The van der Waals surface area contributed by atoms with Crippen molar-refractivity contribution in [3.63, 3.8) is 0 Å². The van der Waals surface area contributed by atoms with Gasteiger partial charge >= 0.3 is 0 Å². The van der Waals surface area contributed by atoms with Crippen molar-refractivity contribution in [2.75, 3.05) is 0 Å². The number of thiophene rings is 1. The zero-order valence-electron chi connectivity index (χ0n) is 16.9. The van der Waals surface area contributed by atoms with Crippen LogP contribution in [0.4, 0.5) is 0 Å². The number of para-hydroxylation sites is 2. The van der Waals surface area contributed by atoms with Crippen molar-refractivity contribution in [2.24, 2.45) is 0 Å². The SMILES string of the molecule is Cc1cccc(C)c1-n1c(SCc2nc(-c3cccs3)no2)nc2ccccc2c1=O. The van der Waals surface area contributed by atoms with E-state index in [0.29, 0.717) is 33.5 Å². The van der Waals surface area contributed by atoms with Crippen molar-refractivity contribution in [3.05, 3.63) is 87.3 Å². The maximum atomic E-state index is 13.5. The molecule has 31 heavy (non-hydrogen) atoms. The van der Waals surface area contributed by atoms with Crippen molar-refractivity contribution < 1.29 is 4.52 Å². The van der Waals surface area contributed by atoms with Gasteiger partial charge in [-0.15, -0.1) is 11.3 Å². The molecular formula is C23H18N4O2S2. The van der Waals surface area contributed by atoms with E-state index in [0.717, 1.165) is 21.7 Å². The van der Waals surface area contributed by atoms with E-state index in [1.807, 2.05) is 73.8 Å². The second-order valence-electron chi connectivity index (χ2n) is 7.07. The molecule has 0 amide bonds. The monoisotopic (exact) mass is 446 g/mol. The molecule has 5 aromatic rings. The summed E-state index contributed by atoms with van der Waals surface area (Å²) in [4.78, 5) is 23.7. The van der Waals surface area contributed by atoms with E-state index < -0.39 is 0 Å². The molecule has 0 aliphatic rings. The molecule has 3 aromatic heterocycles. The Morgan fingerprint density at radius 1 is 1.00 bits per heavy atom. The third-order valence-corrected chi connectivity index (χ3v) is 6.73. The van der Waals surface area contributed by atoms with Crippen LogP contribution in [0, 0.1) is 13.8 Å². The maximum absolute atomic E-state index is 13.5. The molecule has 0 aliphatic heterocycles. The summed E-state index contributed by atoms with van der Waals surface area (Å²) >= 11 is 2.97. The molecule has 0 saturated carbocycles. The van der Waals surface area contributed by atoms with Crippen LogP contribution in [0.15, 0.2) is 74.5 Å². The highest BCUT2D eigenvalue weighted by Crippen LogP contribution is 2.28. The summed E-state index contributed by atoms with van der Waals surface area (Å²) in [5, 5.41) is 7.23. The smallest absolute Gasteiger partial charge is 0.266 e. The average Bonchev–Trinajstić information content (AvgIpc) is 3.46. The van der Waals surface area contributed by atoms with Crippen LogP contribution in [-0.2, 0) is 5.75 Å². The number of thioether (sulfide) groups is 1. The molecule has 3 heterocycles. The molecule has 0 radical (unpaired) electrons. The molecule has 2 aromatic carbocycles. The lowest BCUT2D eigenvalue weighted by Gasteiger charge is -2.16. The Morgan fingerprint density at radius 2 is 1.81 bits per heavy atom. The number of nitrogens with zero attached hydrogens (tertiary/aromatic N) is 4. The summed E-state index contributed by atoms with van der Waals surface area (Å²) in [6.45, 7) is 4.01. The third-order valence-electron chi connectivity index (χ3n) is 4.94. The van der Waals surface area contributed by atoms with Crippen molar-refractivity contribution >= 4 is 34.0 Å². The largest absolute Gasteiger partial charge is 0.338 e. The molecule has 8 heteroatoms. The number of fused-ring (bicyclic) bond motifs is 1. The number of aromatic nitrogens is 4. The summed E-state index contributed by atoms with van der Waals surface area (Å²) in [7, 11) is 0. The molecule has 0 aliphatic carbocycles. The van der Waals surface area contributed by atoms with Gasteiger partial charge in [-0.1, -0.05) is 53.3 Å². The first-order valence-electron chi connectivity index (χ1n) is 9.69. The van der Waals surface area contributed by atoms with Crippen LogP contribution >= 0.6 is 23.1 Å². The first-order chi connectivity index (χ1) is 15.1. The van der Waals surface area contributed by atoms with E-state index in [2.05, 4.69) is 10.1 Å². The minimum Gasteiger partial charge on any atom is -0.338 e. The molecule has 0 unspecified atom stereocenters. The van der Waals surface area contributed by atoms with E-state index in [1.54, 1.807) is 15.9 Å². The van der Waals surface area contributed by atoms with Crippen LogP contribution in [0.3, 0.4) is 0 Å². The molecule has 5 rings (SSSR count). The molecular weight excluding hydrogens is 428 g/mol. The predicted octanol–water partition coefficient (Wildman–Crippen LogP) is 5.41. The highest BCUT2D eigenvalue weighted by molar-refractivity contribution is 7.98. The summed E-state index contributed by atoms with van der Waals surface area (Å²) in [5.74, 6) is 1.47. The van der Waals surface area contributed by atoms with Gasteiger partial charge in [-0.2, -0.15) is 4.98 Å². The predicted molar refractivity (Wildman–Crippen MR) is 124 cm³/mol. The van der Waals surface area contributed by atoms with Gasteiger partial charge in [0, 0.05) is 0 Å². The van der Waals surface area contributed by atoms with Gasteiger partial charge < -0.3 is 4.52 Å². The second kappa shape index (κ2) is 8.13. The van der Waals surface area contributed by atoms with Crippen LogP contribution in [-0.4, -0.2) is 19.7 Å². The Kier molecular flexibility index (Phi) is 5.17.